The second-order valence-corrected chi connectivity index (χ2v) is 6.31. The number of fused-ring (bicyclic) bond motifs is 1. The average molecular weight is 319 g/mol. The monoisotopic (exact) mass is 319 g/mol. The molecule has 0 fully saturated rings. The lowest BCUT2D eigenvalue weighted by Crippen LogP contribution is -2.38. The van der Waals surface area contributed by atoms with E-state index in [4.69, 9.17) is 0 Å². The number of thiazole rings is 1. The maximum absolute atomic E-state index is 12.3. The number of aryl methyl sites for hydroxylation is 1. The van der Waals surface area contributed by atoms with E-state index in [2.05, 4.69) is 10.3 Å². The summed E-state index contributed by atoms with van der Waals surface area (Å²) < 4.78 is 1.98. The standard InChI is InChI=1S/C15H17N3O3S/c1-9-8-22-15-17-10(7-18(9)15)6-16-13(19)11-4-2-3-5-12(11)14(20)21/h2-3,7-8,11-12H,4-6H2,1H3,(H,16,19)(H,20,21)/t11-,12+/m1/s1. The highest BCUT2D eigenvalue weighted by Gasteiger charge is 2.33. The van der Waals surface area contributed by atoms with Gasteiger partial charge in [0.1, 0.15) is 0 Å². The summed E-state index contributed by atoms with van der Waals surface area (Å²) in [4.78, 5) is 28.8. The van der Waals surface area contributed by atoms with Crippen LogP contribution in [0.15, 0.2) is 23.7 Å². The Bertz CT molecular complexity index is 746. The smallest absolute Gasteiger partial charge is 0.307 e. The number of nitrogens with zero attached hydrogens (tertiary/aromatic N) is 2. The number of rotatable bonds is 4. The van der Waals surface area contributed by atoms with Gasteiger partial charge in [0.25, 0.3) is 0 Å². The SMILES string of the molecule is Cc1csc2nc(CNC(=O)[C@@H]3CC=CC[C@@H]3C(=O)O)cn12. The molecule has 0 aromatic carbocycles. The van der Waals surface area contributed by atoms with Crippen molar-refractivity contribution in [2.45, 2.75) is 26.3 Å². The maximum Gasteiger partial charge on any atom is 0.307 e. The lowest BCUT2D eigenvalue weighted by atomic mass is 9.82. The van der Waals surface area contributed by atoms with Crippen molar-refractivity contribution >= 4 is 28.2 Å². The number of carbonyl (C=O) groups excluding carboxylic acids is 1. The molecule has 7 heteroatoms. The molecule has 2 N–H and O–H groups in total. The summed E-state index contributed by atoms with van der Waals surface area (Å²) in [6, 6.07) is 0. The Morgan fingerprint density at radius 1 is 1.41 bits per heavy atom. The maximum atomic E-state index is 12.3. The van der Waals surface area contributed by atoms with Crippen LogP contribution in [0.1, 0.15) is 24.2 Å². The van der Waals surface area contributed by atoms with Gasteiger partial charge in [-0.25, -0.2) is 4.98 Å². The van der Waals surface area contributed by atoms with Crippen molar-refractivity contribution in [1.82, 2.24) is 14.7 Å². The molecule has 22 heavy (non-hydrogen) atoms. The number of aliphatic carboxylic acids is 1. The predicted molar refractivity (Wildman–Crippen MR) is 82.6 cm³/mol. The van der Waals surface area contributed by atoms with Crippen LogP contribution in [0, 0.1) is 18.8 Å². The van der Waals surface area contributed by atoms with Crippen LogP contribution in [0.5, 0.6) is 0 Å². The Kier molecular flexibility index (Phi) is 3.98. The Labute approximate surface area is 131 Å². The second-order valence-electron chi connectivity index (χ2n) is 5.47. The zero-order valence-corrected chi connectivity index (χ0v) is 13.0. The van der Waals surface area contributed by atoms with E-state index in [1.54, 1.807) is 11.3 Å². The molecule has 1 aliphatic carbocycles. The lowest BCUT2D eigenvalue weighted by molar-refractivity contribution is -0.147. The predicted octanol–water partition coefficient (Wildman–Crippen LogP) is 1.99. The molecule has 0 radical (unpaired) electrons. The summed E-state index contributed by atoms with van der Waals surface area (Å²) in [5.74, 6) is -2.28. The normalized spacial score (nSPS) is 21.1. The third kappa shape index (κ3) is 2.76. The van der Waals surface area contributed by atoms with Crippen LogP contribution >= 0.6 is 11.3 Å². The van der Waals surface area contributed by atoms with E-state index < -0.39 is 17.8 Å². The van der Waals surface area contributed by atoms with E-state index >= 15 is 0 Å². The number of carboxylic acid groups (broad SMARTS) is 1. The van der Waals surface area contributed by atoms with E-state index in [-0.39, 0.29) is 5.91 Å². The number of imidazole rings is 1. The van der Waals surface area contributed by atoms with Crippen LogP contribution in [0.3, 0.4) is 0 Å². The first kappa shape index (κ1) is 14.8. The second kappa shape index (κ2) is 5.92. The van der Waals surface area contributed by atoms with Crippen LogP contribution in [0.4, 0.5) is 0 Å². The molecule has 2 aromatic rings. The minimum Gasteiger partial charge on any atom is -0.481 e. The molecule has 2 aromatic heterocycles. The van der Waals surface area contributed by atoms with E-state index in [0.717, 1.165) is 16.3 Å². The number of nitrogens with one attached hydrogen (secondary N) is 1. The first-order valence-electron chi connectivity index (χ1n) is 7.14. The number of hydrogen-bond donors (Lipinski definition) is 2. The minimum atomic E-state index is -0.914. The molecule has 116 valence electrons. The van der Waals surface area contributed by atoms with E-state index in [1.165, 1.54) is 0 Å². The highest BCUT2D eigenvalue weighted by molar-refractivity contribution is 7.15. The van der Waals surface area contributed by atoms with Gasteiger partial charge in [0.05, 0.1) is 24.1 Å². The summed E-state index contributed by atoms with van der Waals surface area (Å²) in [6.45, 7) is 2.32. The first-order chi connectivity index (χ1) is 10.6. The van der Waals surface area contributed by atoms with E-state index in [9.17, 15) is 14.7 Å². The lowest BCUT2D eigenvalue weighted by Gasteiger charge is -2.24. The van der Waals surface area contributed by atoms with Crippen LogP contribution in [0.2, 0.25) is 0 Å². The van der Waals surface area contributed by atoms with Crippen molar-refractivity contribution in [2.75, 3.05) is 0 Å². The van der Waals surface area contributed by atoms with Crippen molar-refractivity contribution in [2.24, 2.45) is 11.8 Å². The Balaban J connectivity index is 1.66. The van der Waals surface area contributed by atoms with Gasteiger partial charge >= 0.3 is 5.97 Å². The van der Waals surface area contributed by atoms with E-state index in [0.29, 0.717) is 19.4 Å². The van der Waals surface area contributed by atoms with Crippen LogP contribution in [-0.2, 0) is 16.1 Å². The summed E-state index contributed by atoms with van der Waals surface area (Å²) in [5.41, 5.74) is 1.88. The molecule has 1 amide bonds. The van der Waals surface area contributed by atoms with Crippen LogP contribution in [-0.4, -0.2) is 26.4 Å². The summed E-state index contributed by atoms with van der Waals surface area (Å²) in [7, 11) is 0. The number of allylic oxidation sites excluding steroid dienone is 2. The molecule has 0 saturated carbocycles. The van der Waals surface area contributed by atoms with Crippen LogP contribution < -0.4 is 5.32 Å². The average Bonchev–Trinajstić information content (AvgIpc) is 3.07. The van der Waals surface area contributed by atoms with Gasteiger partial charge < -0.3 is 10.4 Å². The number of hydrogen-bond acceptors (Lipinski definition) is 4. The molecule has 0 bridgehead atoms. The zero-order chi connectivity index (χ0) is 15.7. The molecule has 0 aliphatic heterocycles. The van der Waals surface area contributed by atoms with Crippen molar-refractivity contribution in [3.8, 4) is 0 Å². The third-order valence-corrected chi connectivity index (χ3v) is 4.93. The van der Waals surface area contributed by atoms with Gasteiger partial charge in [-0.05, 0) is 19.8 Å². The Morgan fingerprint density at radius 2 is 2.14 bits per heavy atom. The molecular formula is C15H17N3O3S. The Hall–Kier alpha value is -2.15. The molecule has 0 unspecified atom stereocenters. The van der Waals surface area contributed by atoms with Gasteiger partial charge in [0, 0.05) is 17.3 Å². The minimum absolute atomic E-state index is 0.218. The molecule has 2 atom stereocenters. The molecule has 2 heterocycles. The summed E-state index contributed by atoms with van der Waals surface area (Å²) >= 11 is 1.55. The number of amides is 1. The van der Waals surface area contributed by atoms with Crippen molar-refractivity contribution in [3.05, 3.63) is 35.1 Å². The van der Waals surface area contributed by atoms with Crippen molar-refractivity contribution in [1.29, 1.82) is 0 Å². The molecule has 3 rings (SSSR count). The highest BCUT2D eigenvalue weighted by atomic mass is 32.1. The van der Waals surface area contributed by atoms with Gasteiger partial charge in [-0.2, -0.15) is 0 Å². The molecule has 0 saturated heterocycles. The summed E-state index contributed by atoms with van der Waals surface area (Å²) in [6.07, 6.45) is 6.48. The van der Waals surface area contributed by atoms with Gasteiger partial charge in [-0.3, -0.25) is 14.0 Å². The largest absolute Gasteiger partial charge is 0.481 e. The third-order valence-electron chi connectivity index (χ3n) is 3.97. The molecule has 1 aliphatic rings. The zero-order valence-electron chi connectivity index (χ0n) is 12.2. The molecule has 0 spiro atoms. The van der Waals surface area contributed by atoms with Gasteiger partial charge in [-0.1, -0.05) is 12.2 Å². The van der Waals surface area contributed by atoms with Gasteiger partial charge in [0.2, 0.25) is 5.91 Å². The van der Waals surface area contributed by atoms with Crippen molar-refractivity contribution < 1.29 is 14.7 Å². The topological polar surface area (TPSA) is 83.7 Å². The fourth-order valence-corrected chi connectivity index (χ4v) is 3.58. The fourth-order valence-electron chi connectivity index (χ4n) is 2.71. The Morgan fingerprint density at radius 3 is 2.82 bits per heavy atom. The first-order valence-corrected chi connectivity index (χ1v) is 8.02. The quantitative estimate of drug-likeness (QED) is 0.844. The van der Waals surface area contributed by atoms with E-state index in [1.807, 2.05) is 35.1 Å². The fraction of sp³-hybridized carbons (Fsp3) is 0.400. The summed E-state index contributed by atoms with van der Waals surface area (Å²) in [5, 5.41) is 14.1. The van der Waals surface area contributed by atoms with Gasteiger partial charge in [0.15, 0.2) is 4.96 Å². The van der Waals surface area contributed by atoms with Crippen LogP contribution in [0.25, 0.3) is 4.96 Å². The number of carbonyl (C=O) groups is 2. The van der Waals surface area contributed by atoms with Gasteiger partial charge in [-0.15, -0.1) is 11.3 Å². The molecule has 6 nitrogen and oxygen atoms in total. The number of aromatic nitrogens is 2. The number of carboxylic acids is 1. The highest BCUT2D eigenvalue weighted by Crippen LogP contribution is 2.26. The van der Waals surface area contributed by atoms with Crippen molar-refractivity contribution in [3.63, 3.8) is 0 Å². The molecular weight excluding hydrogens is 302 g/mol.